The molecular formula is C25H24N2O6. The van der Waals surface area contributed by atoms with Crippen molar-refractivity contribution in [3.63, 3.8) is 0 Å². The summed E-state index contributed by atoms with van der Waals surface area (Å²) in [5, 5.41) is 9.75. The molecule has 8 nitrogen and oxygen atoms in total. The molecule has 2 atom stereocenters. The van der Waals surface area contributed by atoms with Crippen molar-refractivity contribution in [2.75, 3.05) is 23.6 Å². The van der Waals surface area contributed by atoms with Gasteiger partial charge in [0.15, 0.2) is 6.23 Å². The van der Waals surface area contributed by atoms with Crippen LogP contribution < -0.4 is 9.80 Å². The average Bonchev–Trinajstić information content (AvgIpc) is 3.63. The number of epoxide rings is 1. The van der Waals surface area contributed by atoms with Gasteiger partial charge >= 0.3 is 5.97 Å². The van der Waals surface area contributed by atoms with E-state index < -0.39 is 24.8 Å². The summed E-state index contributed by atoms with van der Waals surface area (Å²) in [5.74, 6) is -1.24. The Balaban J connectivity index is 1.59. The first-order chi connectivity index (χ1) is 15.9. The summed E-state index contributed by atoms with van der Waals surface area (Å²) in [6.07, 6.45) is 3.49. The van der Waals surface area contributed by atoms with Crippen LogP contribution in [-0.2, 0) is 14.3 Å². The van der Waals surface area contributed by atoms with E-state index in [4.69, 9.17) is 9.47 Å². The lowest BCUT2D eigenvalue weighted by atomic mass is 9.96. The molecule has 0 aromatic heterocycles. The average molecular weight is 448 g/mol. The second-order valence-corrected chi connectivity index (χ2v) is 7.64. The number of hydrogen-bond donors (Lipinski definition) is 1. The number of benzene rings is 2. The highest BCUT2D eigenvalue weighted by Crippen LogP contribution is 2.48. The number of hydrogen-bond acceptors (Lipinski definition) is 6. The smallest absolute Gasteiger partial charge is 0.337 e. The zero-order valence-electron chi connectivity index (χ0n) is 18.4. The van der Waals surface area contributed by atoms with Crippen LogP contribution in [0.2, 0.25) is 0 Å². The van der Waals surface area contributed by atoms with E-state index in [0.29, 0.717) is 16.9 Å². The lowest BCUT2D eigenvalue weighted by molar-refractivity contribution is -0.115. The van der Waals surface area contributed by atoms with E-state index in [0.717, 1.165) is 12.0 Å². The van der Waals surface area contributed by atoms with Gasteiger partial charge in [0.25, 0.3) is 11.8 Å². The molecule has 170 valence electrons. The Bertz CT molecular complexity index is 1150. The fourth-order valence-corrected chi connectivity index (χ4v) is 3.83. The molecule has 2 aliphatic heterocycles. The molecule has 0 aliphatic carbocycles. The van der Waals surface area contributed by atoms with Crippen molar-refractivity contribution in [2.45, 2.75) is 25.7 Å². The van der Waals surface area contributed by atoms with Gasteiger partial charge in [-0.15, -0.1) is 0 Å². The van der Waals surface area contributed by atoms with Gasteiger partial charge in [0.05, 0.1) is 12.7 Å². The monoisotopic (exact) mass is 448 g/mol. The van der Waals surface area contributed by atoms with Crippen LogP contribution >= 0.6 is 0 Å². The molecule has 33 heavy (non-hydrogen) atoms. The molecule has 1 fully saturated rings. The van der Waals surface area contributed by atoms with Crippen LogP contribution in [-0.4, -0.2) is 43.0 Å². The summed E-state index contributed by atoms with van der Waals surface area (Å²) in [4.78, 5) is 40.5. The summed E-state index contributed by atoms with van der Waals surface area (Å²) >= 11 is 0. The number of carbonyl (C=O) groups excluding carboxylic acids is 3. The predicted octanol–water partition coefficient (Wildman–Crippen LogP) is 3.34. The maximum Gasteiger partial charge on any atom is 0.337 e. The molecule has 2 unspecified atom stereocenters. The Morgan fingerprint density at radius 2 is 1.97 bits per heavy atom. The van der Waals surface area contributed by atoms with Gasteiger partial charge in [-0.3, -0.25) is 19.4 Å². The molecule has 2 heterocycles. The summed E-state index contributed by atoms with van der Waals surface area (Å²) in [6.45, 7) is 5.19. The lowest BCUT2D eigenvalue weighted by Gasteiger charge is -2.27. The fourth-order valence-electron chi connectivity index (χ4n) is 3.83. The van der Waals surface area contributed by atoms with E-state index in [-0.39, 0.29) is 23.1 Å². The first-order valence-corrected chi connectivity index (χ1v) is 10.5. The van der Waals surface area contributed by atoms with Gasteiger partial charge in [-0.2, -0.15) is 0 Å². The number of rotatable bonds is 7. The van der Waals surface area contributed by atoms with Crippen molar-refractivity contribution in [3.8, 4) is 0 Å². The SMILES string of the molecule is C=C(/C=C\CC)C(=O)N(CO)c1ccc(N2C(=O)c3cc(C(=O)OC)ccc3C3OC32)cc1. The number of esters is 1. The number of aliphatic hydroxyl groups excluding tert-OH is 1. The molecule has 8 heteroatoms. The molecule has 2 amide bonds. The highest BCUT2D eigenvalue weighted by Gasteiger charge is 2.53. The highest BCUT2D eigenvalue weighted by atomic mass is 16.6. The van der Waals surface area contributed by atoms with Gasteiger partial charge in [0.1, 0.15) is 12.8 Å². The Labute approximate surface area is 191 Å². The van der Waals surface area contributed by atoms with Gasteiger partial charge < -0.3 is 14.6 Å². The number of aliphatic hydroxyl groups is 1. The minimum absolute atomic E-state index is 0.258. The van der Waals surface area contributed by atoms with E-state index in [9.17, 15) is 19.5 Å². The zero-order chi connectivity index (χ0) is 23.7. The van der Waals surface area contributed by atoms with Gasteiger partial charge in [-0.25, -0.2) is 4.79 Å². The number of methoxy groups -OCH3 is 1. The number of nitrogens with zero attached hydrogens (tertiary/aromatic N) is 2. The van der Waals surface area contributed by atoms with Crippen LogP contribution in [0.1, 0.15) is 45.7 Å². The van der Waals surface area contributed by atoms with E-state index in [1.54, 1.807) is 42.5 Å². The van der Waals surface area contributed by atoms with Gasteiger partial charge in [-0.1, -0.05) is 31.7 Å². The Morgan fingerprint density at radius 3 is 2.61 bits per heavy atom. The number of allylic oxidation sites excluding steroid dienone is 1. The molecule has 4 rings (SSSR count). The molecule has 1 saturated heterocycles. The molecule has 2 aliphatic rings. The standard InChI is InChI=1S/C25H24N2O6/c1-4-5-6-15(2)22(29)26(14-28)17-8-10-18(11-9-17)27-23(30)20-13-16(25(31)32-3)7-12-19(20)21-24(27)33-21/h5-13,21,24,28H,2,4,14H2,1,3H3/b6-5-. The molecule has 2 aromatic rings. The molecule has 0 saturated carbocycles. The van der Waals surface area contributed by atoms with E-state index in [1.165, 1.54) is 23.0 Å². The molecule has 0 radical (unpaired) electrons. The minimum atomic E-state index is -0.524. The largest absolute Gasteiger partial charge is 0.465 e. The van der Waals surface area contributed by atoms with Crippen LogP contribution in [0.25, 0.3) is 0 Å². The lowest BCUT2D eigenvalue weighted by Crippen LogP contribution is -2.38. The third-order valence-corrected chi connectivity index (χ3v) is 5.61. The van der Waals surface area contributed by atoms with E-state index in [2.05, 4.69) is 6.58 Å². The number of amides is 2. The van der Waals surface area contributed by atoms with E-state index in [1.807, 2.05) is 13.0 Å². The van der Waals surface area contributed by atoms with Crippen LogP contribution in [0, 0.1) is 0 Å². The maximum atomic E-state index is 13.3. The maximum absolute atomic E-state index is 13.3. The Morgan fingerprint density at radius 1 is 1.24 bits per heavy atom. The highest BCUT2D eigenvalue weighted by molar-refractivity contribution is 6.11. The molecule has 0 spiro atoms. The molecule has 1 N–H and O–H groups in total. The zero-order valence-corrected chi connectivity index (χ0v) is 18.4. The summed E-state index contributed by atoms with van der Waals surface area (Å²) < 4.78 is 10.5. The van der Waals surface area contributed by atoms with Crippen LogP contribution in [0.3, 0.4) is 0 Å². The first-order valence-electron chi connectivity index (χ1n) is 10.5. The van der Waals surface area contributed by atoms with Crippen LogP contribution in [0.5, 0.6) is 0 Å². The Kier molecular flexibility index (Phi) is 6.13. The third-order valence-electron chi connectivity index (χ3n) is 5.61. The molecule has 2 aromatic carbocycles. The van der Waals surface area contributed by atoms with Crippen LogP contribution in [0.4, 0.5) is 11.4 Å². The minimum Gasteiger partial charge on any atom is -0.465 e. The van der Waals surface area contributed by atoms with Crippen molar-refractivity contribution in [2.24, 2.45) is 0 Å². The molecule has 0 bridgehead atoms. The number of carbonyl (C=O) groups is 3. The fraction of sp³-hybridized carbons (Fsp3) is 0.240. The second-order valence-electron chi connectivity index (χ2n) is 7.64. The van der Waals surface area contributed by atoms with E-state index >= 15 is 0 Å². The van der Waals surface area contributed by atoms with Gasteiger partial charge in [0.2, 0.25) is 0 Å². The molecular weight excluding hydrogens is 424 g/mol. The quantitative estimate of drug-likeness (QED) is 0.229. The normalized spacial score (nSPS) is 18.5. The predicted molar refractivity (Wildman–Crippen MR) is 122 cm³/mol. The van der Waals surface area contributed by atoms with Crippen molar-refractivity contribution < 1.29 is 29.0 Å². The van der Waals surface area contributed by atoms with Crippen molar-refractivity contribution in [3.05, 3.63) is 83.5 Å². The van der Waals surface area contributed by atoms with Crippen molar-refractivity contribution >= 4 is 29.2 Å². The van der Waals surface area contributed by atoms with Gasteiger partial charge in [-0.05, 0) is 48.4 Å². The number of ether oxygens (including phenoxy) is 2. The summed E-state index contributed by atoms with van der Waals surface area (Å²) in [7, 11) is 1.29. The third kappa shape index (κ3) is 4.06. The first kappa shape index (κ1) is 22.4. The van der Waals surface area contributed by atoms with Gasteiger partial charge in [0, 0.05) is 22.5 Å². The number of anilines is 2. The number of fused-ring (bicyclic) bond motifs is 3. The summed E-state index contributed by atoms with van der Waals surface area (Å²) in [6, 6.07) is 11.5. The van der Waals surface area contributed by atoms with Crippen molar-refractivity contribution in [1.82, 2.24) is 0 Å². The topological polar surface area (TPSA) is 99.7 Å². The second kappa shape index (κ2) is 9.01. The summed E-state index contributed by atoms with van der Waals surface area (Å²) in [5.41, 5.74) is 2.69. The van der Waals surface area contributed by atoms with Crippen LogP contribution in [0.15, 0.2) is 66.8 Å². The Hall–Kier alpha value is -3.75. The van der Waals surface area contributed by atoms with Crippen molar-refractivity contribution in [1.29, 1.82) is 0 Å².